The van der Waals surface area contributed by atoms with Gasteiger partial charge in [0.25, 0.3) is 0 Å². The summed E-state index contributed by atoms with van der Waals surface area (Å²) in [6.45, 7) is 0.391. The summed E-state index contributed by atoms with van der Waals surface area (Å²) < 4.78 is 0. The van der Waals surface area contributed by atoms with Gasteiger partial charge in [-0.25, -0.2) is 0 Å². The second kappa shape index (κ2) is 6.41. The minimum absolute atomic E-state index is 0.0484. The maximum absolute atomic E-state index is 12.6. The third-order valence-corrected chi connectivity index (χ3v) is 5.54. The molecule has 1 amide bonds. The van der Waals surface area contributed by atoms with Gasteiger partial charge in [0, 0.05) is 6.54 Å². The van der Waals surface area contributed by atoms with Crippen LogP contribution in [0.1, 0.15) is 37.2 Å². The number of aliphatic hydroxyl groups is 1. The molecule has 1 unspecified atom stereocenters. The van der Waals surface area contributed by atoms with Gasteiger partial charge in [0.2, 0.25) is 5.91 Å². The highest BCUT2D eigenvalue weighted by Crippen LogP contribution is 2.42. The molecule has 1 heterocycles. The smallest absolute Gasteiger partial charge is 0.227 e. The largest absolute Gasteiger partial charge is 0.388 e. The quantitative estimate of drug-likeness (QED) is 0.879. The zero-order chi connectivity index (χ0) is 14.7. The Morgan fingerprint density at radius 1 is 1.29 bits per heavy atom. The molecule has 1 aliphatic heterocycles. The fourth-order valence-electron chi connectivity index (χ4n) is 3.02. The zero-order valence-electron chi connectivity index (χ0n) is 12.3. The number of benzene rings is 1. The topological polar surface area (TPSA) is 49.3 Å². The lowest BCUT2D eigenvalue weighted by molar-refractivity contribution is -0.124. The normalized spacial score (nSPS) is 22.5. The van der Waals surface area contributed by atoms with Crippen LogP contribution in [0.5, 0.6) is 0 Å². The number of carbonyl (C=O) groups excluding carboxylic acids is 1. The third-order valence-electron chi connectivity index (χ3n) is 4.55. The summed E-state index contributed by atoms with van der Waals surface area (Å²) in [7, 11) is 0. The minimum Gasteiger partial charge on any atom is -0.388 e. The predicted octanol–water partition coefficient (Wildman–Crippen LogP) is 2.55. The van der Waals surface area contributed by atoms with Crippen LogP contribution in [0.15, 0.2) is 30.3 Å². The average molecular weight is 305 g/mol. The number of thioether (sulfide) groups is 1. The number of hydrogen-bond acceptors (Lipinski definition) is 3. The molecule has 1 saturated carbocycles. The van der Waals surface area contributed by atoms with Crippen LogP contribution in [-0.4, -0.2) is 34.7 Å². The van der Waals surface area contributed by atoms with Gasteiger partial charge >= 0.3 is 0 Å². The number of amides is 1. The van der Waals surface area contributed by atoms with Gasteiger partial charge in [-0.3, -0.25) is 4.79 Å². The molecule has 2 fully saturated rings. The van der Waals surface area contributed by atoms with Crippen molar-refractivity contribution in [2.45, 2.75) is 37.2 Å². The Kier molecular flexibility index (Phi) is 4.55. The first-order valence-corrected chi connectivity index (χ1v) is 8.96. The van der Waals surface area contributed by atoms with Gasteiger partial charge in [-0.1, -0.05) is 30.3 Å². The summed E-state index contributed by atoms with van der Waals surface area (Å²) in [6.07, 6.45) is 3.82. The van der Waals surface area contributed by atoms with Crippen molar-refractivity contribution in [3.63, 3.8) is 0 Å². The molecular formula is C17H23NO2S. The fraction of sp³-hybridized carbons (Fsp3) is 0.588. The summed E-state index contributed by atoms with van der Waals surface area (Å²) in [5.41, 5.74) is 0.398. The van der Waals surface area contributed by atoms with Crippen LogP contribution >= 0.6 is 11.8 Å². The SMILES string of the molecule is O=C(NCC1(O)CCSCC1)C(c1ccccc1)C1CC1. The van der Waals surface area contributed by atoms with E-state index in [1.807, 2.05) is 42.1 Å². The van der Waals surface area contributed by atoms with Gasteiger partial charge in [0.15, 0.2) is 0 Å². The van der Waals surface area contributed by atoms with Crippen LogP contribution in [0.25, 0.3) is 0 Å². The number of carbonyl (C=O) groups is 1. The van der Waals surface area contributed by atoms with Crippen molar-refractivity contribution < 1.29 is 9.90 Å². The van der Waals surface area contributed by atoms with Crippen molar-refractivity contribution in [1.29, 1.82) is 0 Å². The standard InChI is InChI=1S/C17H23NO2S/c19-16(18-12-17(20)8-10-21-11-9-17)15(14-6-7-14)13-4-2-1-3-5-13/h1-5,14-15,20H,6-12H2,(H,18,19). The van der Waals surface area contributed by atoms with Crippen molar-refractivity contribution in [2.75, 3.05) is 18.1 Å². The molecule has 3 rings (SSSR count). The lowest BCUT2D eigenvalue weighted by atomic mass is 9.92. The van der Waals surface area contributed by atoms with E-state index < -0.39 is 5.60 Å². The second-order valence-electron chi connectivity index (χ2n) is 6.28. The molecule has 1 aromatic rings. The monoisotopic (exact) mass is 305 g/mol. The molecule has 0 spiro atoms. The molecule has 1 aliphatic carbocycles. The van der Waals surface area contributed by atoms with Crippen molar-refractivity contribution in [1.82, 2.24) is 5.32 Å². The Balaban J connectivity index is 1.62. The molecule has 0 bridgehead atoms. The average Bonchev–Trinajstić information content (AvgIpc) is 3.32. The van der Waals surface area contributed by atoms with Gasteiger partial charge in [-0.15, -0.1) is 0 Å². The van der Waals surface area contributed by atoms with Crippen LogP contribution in [0, 0.1) is 5.92 Å². The van der Waals surface area contributed by atoms with Crippen LogP contribution in [0.2, 0.25) is 0 Å². The third kappa shape index (κ3) is 3.80. The van der Waals surface area contributed by atoms with Gasteiger partial charge in [-0.2, -0.15) is 11.8 Å². The molecule has 114 valence electrons. The van der Waals surface area contributed by atoms with Crippen LogP contribution < -0.4 is 5.32 Å². The summed E-state index contributed by atoms with van der Waals surface area (Å²) in [6, 6.07) is 10.0. The molecule has 1 saturated heterocycles. The Morgan fingerprint density at radius 2 is 1.95 bits per heavy atom. The van der Waals surface area contributed by atoms with E-state index in [4.69, 9.17) is 0 Å². The lowest BCUT2D eigenvalue weighted by Crippen LogP contribution is -2.46. The Bertz CT molecular complexity index is 481. The second-order valence-corrected chi connectivity index (χ2v) is 7.51. The lowest BCUT2D eigenvalue weighted by Gasteiger charge is -2.32. The zero-order valence-corrected chi connectivity index (χ0v) is 13.1. The summed E-state index contributed by atoms with van der Waals surface area (Å²) in [5.74, 6) is 2.47. The molecule has 1 aromatic carbocycles. The first-order chi connectivity index (χ1) is 10.2. The van der Waals surface area contributed by atoms with E-state index in [1.54, 1.807) is 0 Å². The first kappa shape index (κ1) is 14.9. The molecule has 3 nitrogen and oxygen atoms in total. The maximum atomic E-state index is 12.6. The van der Waals surface area contributed by atoms with Gasteiger partial charge in [0.05, 0.1) is 11.5 Å². The van der Waals surface area contributed by atoms with E-state index in [0.717, 1.165) is 42.8 Å². The molecule has 4 heteroatoms. The predicted molar refractivity (Wildman–Crippen MR) is 86.4 cm³/mol. The van der Waals surface area contributed by atoms with Gasteiger partial charge in [0.1, 0.15) is 0 Å². The Morgan fingerprint density at radius 3 is 2.57 bits per heavy atom. The minimum atomic E-state index is -0.703. The molecular weight excluding hydrogens is 282 g/mol. The first-order valence-electron chi connectivity index (χ1n) is 7.81. The van der Waals surface area contributed by atoms with Crippen molar-refractivity contribution in [3.05, 3.63) is 35.9 Å². The fourth-order valence-corrected chi connectivity index (χ4v) is 4.27. The highest BCUT2D eigenvalue weighted by Gasteiger charge is 2.38. The Hall–Kier alpha value is -1.00. The molecule has 21 heavy (non-hydrogen) atoms. The van der Waals surface area contributed by atoms with Gasteiger partial charge < -0.3 is 10.4 Å². The van der Waals surface area contributed by atoms with Crippen LogP contribution in [0.4, 0.5) is 0 Å². The van der Waals surface area contributed by atoms with E-state index >= 15 is 0 Å². The Labute approximate surface area is 130 Å². The molecule has 2 N–H and O–H groups in total. The molecule has 2 aliphatic rings. The van der Waals surface area contributed by atoms with E-state index in [0.29, 0.717) is 12.5 Å². The van der Waals surface area contributed by atoms with E-state index in [-0.39, 0.29) is 11.8 Å². The van der Waals surface area contributed by atoms with Crippen molar-refractivity contribution in [3.8, 4) is 0 Å². The van der Waals surface area contributed by atoms with Crippen LogP contribution in [0.3, 0.4) is 0 Å². The van der Waals surface area contributed by atoms with E-state index in [1.165, 1.54) is 0 Å². The summed E-state index contributed by atoms with van der Waals surface area (Å²) >= 11 is 1.88. The van der Waals surface area contributed by atoms with Crippen molar-refractivity contribution >= 4 is 17.7 Å². The highest BCUT2D eigenvalue weighted by molar-refractivity contribution is 7.99. The van der Waals surface area contributed by atoms with Gasteiger partial charge in [-0.05, 0) is 48.7 Å². The van der Waals surface area contributed by atoms with E-state index in [9.17, 15) is 9.90 Å². The number of hydrogen-bond donors (Lipinski definition) is 2. The number of nitrogens with one attached hydrogen (secondary N) is 1. The maximum Gasteiger partial charge on any atom is 0.227 e. The highest BCUT2D eigenvalue weighted by atomic mass is 32.2. The molecule has 1 atom stereocenters. The van der Waals surface area contributed by atoms with E-state index in [2.05, 4.69) is 5.32 Å². The molecule has 0 aromatic heterocycles. The van der Waals surface area contributed by atoms with Crippen LogP contribution in [-0.2, 0) is 4.79 Å². The number of rotatable bonds is 5. The summed E-state index contributed by atoms with van der Waals surface area (Å²) in [5, 5.41) is 13.5. The molecule has 0 radical (unpaired) electrons. The van der Waals surface area contributed by atoms with Crippen molar-refractivity contribution in [2.24, 2.45) is 5.92 Å². The summed E-state index contributed by atoms with van der Waals surface area (Å²) in [4.78, 5) is 12.6.